The zero-order valence-electron chi connectivity index (χ0n) is 20.9. The van der Waals surface area contributed by atoms with Crippen LogP contribution < -0.4 is 16.2 Å². The third-order valence-corrected chi connectivity index (χ3v) is 6.24. The van der Waals surface area contributed by atoms with Gasteiger partial charge in [-0.25, -0.2) is 9.67 Å². The molecule has 0 spiro atoms. The number of aromatic nitrogens is 5. The molecule has 0 unspecified atom stereocenters. The van der Waals surface area contributed by atoms with E-state index < -0.39 is 0 Å². The van der Waals surface area contributed by atoms with Gasteiger partial charge >= 0.3 is 0 Å². The smallest absolute Gasteiger partial charge is 0.274 e. The molecule has 3 N–H and O–H groups in total. The van der Waals surface area contributed by atoms with Gasteiger partial charge in [-0.15, -0.1) is 10.2 Å². The van der Waals surface area contributed by atoms with Gasteiger partial charge in [-0.3, -0.25) is 9.48 Å². The Morgan fingerprint density at radius 1 is 1.11 bits per heavy atom. The van der Waals surface area contributed by atoms with Crippen LogP contribution >= 0.6 is 0 Å². The van der Waals surface area contributed by atoms with Gasteiger partial charge < -0.3 is 20.2 Å². The number of aliphatic hydroxyl groups excluding tert-OH is 1. The summed E-state index contributed by atoms with van der Waals surface area (Å²) in [5.41, 5.74) is 3.87. The molecule has 0 bridgehead atoms. The fourth-order valence-corrected chi connectivity index (χ4v) is 4.56. The molecule has 0 radical (unpaired) electrons. The predicted molar refractivity (Wildman–Crippen MR) is 143 cm³/mol. The van der Waals surface area contributed by atoms with E-state index in [0.717, 1.165) is 16.8 Å². The van der Waals surface area contributed by atoms with Crippen LogP contribution in [0.2, 0.25) is 0 Å². The number of nitrogens with one attached hydrogen (secondary N) is 2. The van der Waals surface area contributed by atoms with Crippen molar-refractivity contribution in [3.63, 3.8) is 0 Å². The Hall–Kier alpha value is -4.44. The Balaban J connectivity index is 1.52. The summed E-state index contributed by atoms with van der Waals surface area (Å²) < 4.78 is 9.21. The first kappa shape index (κ1) is 24.3. The lowest BCUT2D eigenvalue weighted by atomic mass is 10.1. The van der Waals surface area contributed by atoms with Crippen molar-refractivity contribution in [1.29, 1.82) is 0 Å². The number of aliphatic hydroxyl groups is 1. The summed E-state index contributed by atoms with van der Waals surface area (Å²) in [6.45, 7) is 6.57. The monoisotopic (exact) mass is 499 g/mol. The summed E-state index contributed by atoms with van der Waals surface area (Å²) in [5.74, 6) is 0.887. The number of hydrogen-bond donors (Lipinski definition) is 3. The van der Waals surface area contributed by atoms with Crippen molar-refractivity contribution in [3.05, 3.63) is 83.1 Å². The topological polar surface area (TPSA) is 123 Å². The lowest BCUT2D eigenvalue weighted by molar-refractivity contribution is 0.276. The second-order valence-electron chi connectivity index (χ2n) is 8.97. The highest BCUT2D eigenvalue weighted by atomic mass is 16.4. The van der Waals surface area contributed by atoms with Crippen LogP contribution in [-0.2, 0) is 6.54 Å². The summed E-state index contributed by atoms with van der Waals surface area (Å²) in [4.78, 5) is 17.4. The average Bonchev–Trinajstić information content (AvgIpc) is 3.54. The van der Waals surface area contributed by atoms with E-state index in [1.54, 1.807) is 10.9 Å². The maximum atomic E-state index is 12.9. The van der Waals surface area contributed by atoms with Crippen LogP contribution in [0.3, 0.4) is 0 Å². The Kier molecular flexibility index (Phi) is 6.74. The molecule has 190 valence electrons. The van der Waals surface area contributed by atoms with Gasteiger partial charge in [0.25, 0.3) is 11.4 Å². The molecular formula is C27H29N7O3. The summed E-state index contributed by atoms with van der Waals surface area (Å²) in [6.07, 6.45) is 2.91. The van der Waals surface area contributed by atoms with Crippen LogP contribution in [0.5, 0.6) is 0 Å². The molecule has 0 aliphatic heterocycles. The second-order valence-corrected chi connectivity index (χ2v) is 8.97. The lowest BCUT2D eigenvalue weighted by Crippen LogP contribution is -2.23. The minimum Gasteiger partial charge on any atom is -0.423 e. The van der Waals surface area contributed by atoms with Crippen molar-refractivity contribution >= 4 is 28.1 Å². The van der Waals surface area contributed by atoms with E-state index in [1.807, 2.05) is 66.2 Å². The average molecular weight is 500 g/mol. The van der Waals surface area contributed by atoms with Crippen molar-refractivity contribution < 1.29 is 9.52 Å². The van der Waals surface area contributed by atoms with Crippen molar-refractivity contribution in [3.8, 4) is 11.5 Å². The number of hydrogen-bond acceptors (Lipinski definition) is 8. The Morgan fingerprint density at radius 2 is 1.92 bits per heavy atom. The molecule has 0 amide bonds. The highest BCUT2D eigenvalue weighted by molar-refractivity contribution is 5.84. The molecule has 0 saturated heterocycles. The maximum Gasteiger partial charge on any atom is 0.274 e. The SMILES string of the molecule is CCn1c(=O)c2ccc(Nc3cc(N[C@H](CO)c4ccccc4)c(-c4nnco4)cn3)cc2n1C(C)C. The summed E-state index contributed by atoms with van der Waals surface area (Å²) in [7, 11) is 0. The number of rotatable bonds is 9. The van der Waals surface area contributed by atoms with Gasteiger partial charge in [0.05, 0.1) is 34.8 Å². The third kappa shape index (κ3) is 4.70. The van der Waals surface area contributed by atoms with Gasteiger partial charge in [0.2, 0.25) is 6.39 Å². The Labute approximate surface area is 213 Å². The fraction of sp³-hybridized carbons (Fsp3) is 0.259. The number of pyridine rings is 1. The van der Waals surface area contributed by atoms with Crippen LogP contribution in [0.25, 0.3) is 22.4 Å². The van der Waals surface area contributed by atoms with Gasteiger partial charge in [-0.1, -0.05) is 30.3 Å². The molecule has 10 nitrogen and oxygen atoms in total. The largest absolute Gasteiger partial charge is 0.423 e. The fourth-order valence-electron chi connectivity index (χ4n) is 4.56. The van der Waals surface area contributed by atoms with Crippen molar-refractivity contribution in [2.45, 2.75) is 39.4 Å². The van der Waals surface area contributed by atoms with Gasteiger partial charge in [0.1, 0.15) is 5.82 Å². The van der Waals surface area contributed by atoms with Crippen LogP contribution in [-0.4, -0.2) is 36.3 Å². The molecule has 3 aromatic heterocycles. The summed E-state index contributed by atoms with van der Waals surface area (Å²) in [5, 5.41) is 25.3. The van der Waals surface area contributed by atoms with E-state index in [2.05, 4.69) is 39.7 Å². The number of nitrogens with zero attached hydrogens (tertiary/aromatic N) is 5. The molecular weight excluding hydrogens is 470 g/mol. The van der Waals surface area contributed by atoms with E-state index in [-0.39, 0.29) is 24.2 Å². The molecule has 1 atom stereocenters. The van der Waals surface area contributed by atoms with Crippen LogP contribution in [0.4, 0.5) is 17.2 Å². The molecule has 2 aromatic carbocycles. The molecule has 10 heteroatoms. The highest BCUT2D eigenvalue weighted by Gasteiger charge is 2.18. The highest BCUT2D eigenvalue weighted by Crippen LogP contribution is 2.32. The first-order valence-electron chi connectivity index (χ1n) is 12.2. The molecule has 5 aromatic rings. The van der Waals surface area contributed by atoms with Crippen LogP contribution in [0.1, 0.15) is 38.4 Å². The van der Waals surface area contributed by atoms with Gasteiger partial charge in [-0.05, 0) is 44.5 Å². The minimum absolute atomic E-state index is 0.00206. The summed E-state index contributed by atoms with van der Waals surface area (Å²) in [6, 6.07) is 17.0. The van der Waals surface area contributed by atoms with E-state index in [1.165, 1.54) is 6.39 Å². The first-order chi connectivity index (χ1) is 18.0. The van der Waals surface area contributed by atoms with Crippen molar-refractivity contribution in [2.24, 2.45) is 0 Å². The van der Waals surface area contributed by atoms with Crippen molar-refractivity contribution in [1.82, 2.24) is 24.5 Å². The normalized spacial score (nSPS) is 12.2. The Bertz CT molecular complexity index is 1560. The third-order valence-electron chi connectivity index (χ3n) is 6.24. The molecule has 3 heterocycles. The molecule has 5 rings (SSSR count). The zero-order valence-corrected chi connectivity index (χ0v) is 20.9. The standard InChI is InChI=1S/C27H29N7O3/c1-4-33-27(36)20-11-10-19(12-24(20)34(33)17(2)3)30-25-13-22(21(14-28-25)26-32-29-16-37-26)31-23(15-35)18-8-6-5-7-9-18/h5-14,16-17,23,35H,4,15H2,1-3H3,(H2,28,30,31)/t23-/m1/s1. The van der Waals surface area contributed by atoms with Gasteiger partial charge in [0.15, 0.2) is 0 Å². The van der Waals surface area contributed by atoms with Gasteiger partial charge in [-0.2, -0.15) is 0 Å². The Morgan fingerprint density at radius 3 is 2.59 bits per heavy atom. The molecule has 37 heavy (non-hydrogen) atoms. The lowest BCUT2D eigenvalue weighted by Gasteiger charge is -2.20. The van der Waals surface area contributed by atoms with Crippen LogP contribution in [0.15, 0.2) is 76.4 Å². The number of fused-ring (bicyclic) bond motifs is 1. The van der Waals surface area contributed by atoms with Gasteiger partial charge in [0, 0.05) is 30.5 Å². The van der Waals surface area contributed by atoms with E-state index in [4.69, 9.17) is 4.42 Å². The second kappa shape index (κ2) is 10.3. The van der Waals surface area contributed by atoms with E-state index in [0.29, 0.717) is 34.9 Å². The summed E-state index contributed by atoms with van der Waals surface area (Å²) >= 11 is 0. The zero-order chi connectivity index (χ0) is 25.9. The number of anilines is 3. The maximum absolute atomic E-state index is 12.9. The van der Waals surface area contributed by atoms with Crippen molar-refractivity contribution in [2.75, 3.05) is 17.2 Å². The molecule has 0 fully saturated rings. The first-order valence-corrected chi connectivity index (χ1v) is 12.2. The predicted octanol–water partition coefficient (Wildman–Crippen LogP) is 4.74. The quantitative estimate of drug-likeness (QED) is 0.266. The minimum atomic E-state index is -0.358. The molecule has 0 saturated carbocycles. The number of benzene rings is 2. The molecule has 0 aliphatic carbocycles. The molecule has 0 aliphatic rings. The van der Waals surface area contributed by atoms with E-state index >= 15 is 0 Å². The van der Waals surface area contributed by atoms with E-state index in [9.17, 15) is 9.90 Å². The van der Waals surface area contributed by atoms with Crippen LogP contribution in [0, 0.1) is 0 Å².